The van der Waals surface area contributed by atoms with Gasteiger partial charge in [-0.25, -0.2) is 19.6 Å². The fraction of sp³-hybridized carbons (Fsp3) is 0.0625. The molecule has 10 heteroatoms. The van der Waals surface area contributed by atoms with E-state index in [1.165, 1.54) is 12.1 Å². The molecule has 4 aromatic carbocycles. The second-order valence-electron chi connectivity index (χ2n) is 9.10. The van der Waals surface area contributed by atoms with Crippen molar-refractivity contribution in [3.05, 3.63) is 131 Å². The Morgan fingerprint density at radius 3 is 2.14 bits per heavy atom. The number of halogens is 1. The van der Waals surface area contributed by atoms with Gasteiger partial charge in [-0.1, -0.05) is 41.9 Å². The maximum absolute atomic E-state index is 12.3. The number of anilines is 2. The van der Waals surface area contributed by atoms with E-state index in [0.717, 1.165) is 11.1 Å². The number of hydrogen-bond acceptors (Lipinski definition) is 6. The first-order chi connectivity index (χ1) is 20.4. The van der Waals surface area contributed by atoms with Gasteiger partial charge in [0, 0.05) is 34.2 Å². The van der Waals surface area contributed by atoms with Crippen LogP contribution in [0.1, 0.15) is 21.5 Å². The number of rotatable bonds is 10. The van der Waals surface area contributed by atoms with Crippen molar-refractivity contribution in [2.75, 3.05) is 10.6 Å². The monoisotopic (exact) mass is 580 g/mol. The molecule has 0 spiro atoms. The zero-order valence-corrected chi connectivity index (χ0v) is 22.9. The number of ether oxygens (including phenoxy) is 2. The van der Waals surface area contributed by atoms with E-state index in [1.807, 2.05) is 54.6 Å². The zero-order valence-electron chi connectivity index (χ0n) is 22.2. The van der Waals surface area contributed by atoms with Crippen molar-refractivity contribution in [2.45, 2.75) is 13.2 Å². The maximum atomic E-state index is 12.3. The van der Waals surface area contributed by atoms with Crippen LogP contribution in [0.3, 0.4) is 0 Å². The number of amides is 2. The first kappa shape index (κ1) is 28.1. The van der Waals surface area contributed by atoms with Gasteiger partial charge in [0.25, 0.3) is 0 Å². The number of benzene rings is 4. The van der Waals surface area contributed by atoms with E-state index in [2.05, 4.69) is 20.6 Å². The smallest absolute Gasteiger partial charge is 0.337 e. The van der Waals surface area contributed by atoms with E-state index >= 15 is 0 Å². The van der Waals surface area contributed by atoms with Crippen LogP contribution >= 0.6 is 11.6 Å². The molecule has 1 aromatic heterocycles. The van der Waals surface area contributed by atoms with Crippen molar-refractivity contribution in [1.29, 1.82) is 0 Å². The number of carbonyl (C=O) groups is 2. The summed E-state index contributed by atoms with van der Waals surface area (Å²) >= 11 is 6.02. The van der Waals surface area contributed by atoms with Crippen LogP contribution in [0.5, 0.6) is 11.5 Å². The molecule has 0 aliphatic carbocycles. The van der Waals surface area contributed by atoms with E-state index in [4.69, 9.17) is 21.1 Å². The first-order valence-corrected chi connectivity index (χ1v) is 13.2. The average molecular weight is 581 g/mol. The highest BCUT2D eigenvalue weighted by atomic mass is 35.5. The molecule has 0 aliphatic rings. The molecule has 0 bridgehead atoms. The summed E-state index contributed by atoms with van der Waals surface area (Å²) in [5.74, 6) is 0.364. The molecule has 9 nitrogen and oxygen atoms in total. The first-order valence-electron chi connectivity index (χ1n) is 12.8. The number of aromatic nitrogens is 2. The summed E-state index contributed by atoms with van der Waals surface area (Å²) in [7, 11) is 0. The second kappa shape index (κ2) is 13.3. The number of carboxylic acids is 1. The van der Waals surface area contributed by atoms with Gasteiger partial charge in [0.15, 0.2) is 5.82 Å². The van der Waals surface area contributed by atoms with Crippen molar-refractivity contribution in [2.24, 2.45) is 0 Å². The van der Waals surface area contributed by atoms with Gasteiger partial charge in [0.2, 0.25) is 0 Å². The number of aromatic carboxylic acids is 1. The van der Waals surface area contributed by atoms with Crippen LogP contribution in [-0.4, -0.2) is 27.1 Å². The minimum Gasteiger partial charge on any atom is -0.489 e. The van der Waals surface area contributed by atoms with Crippen molar-refractivity contribution in [1.82, 2.24) is 9.97 Å². The summed E-state index contributed by atoms with van der Waals surface area (Å²) < 4.78 is 11.6. The van der Waals surface area contributed by atoms with E-state index in [9.17, 15) is 14.7 Å². The minimum atomic E-state index is -1.20. The molecule has 0 atom stereocenters. The van der Waals surface area contributed by atoms with Crippen LogP contribution in [0.15, 0.2) is 109 Å². The summed E-state index contributed by atoms with van der Waals surface area (Å²) in [4.78, 5) is 33.0. The third-order valence-electron chi connectivity index (χ3n) is 6.02. The Balaban J connectivity index is 1.16. The minimum absolute atomic E-state index is 0.109. The van der Waals surface area contributed by atoms with Gasteiger partial charge in [-0.15, -0.1) is 0 Å². The van der Waals surface area contributed by atoms with Gasteiger partial charge >= 0.3 is 12.0 Å². The molecule has 1 heterocycles. The molecule has 0 saturated carbocycles. The molecule has 3 N–H and O–H groups in total. The predicted octanol–water partition coefficient (Wildman–Crippen LogP) is 7.30. The van der Waals surface area contributed by atoms with Gasteiger partial charge in [-0.2, -0.15) is 0 Å². The summed E-state index contributed by atoms with van der Waals surface area (Å²) in [6.07, 6.45) is 3.29. The standard InChI is InChI=1S/C32H25ClN4O5/c33-24-6-4-5-21(15-24)19-41-26-11-9-23(10-12-26)30-34-17-22(18-35-30)20-42-27-13-14-29(28(16-27)31(38)39)37-32(40)36-25-7-2-1-3-8-25/h1-18H,19-20H2,(H,38,39)(H2,36,37,40). The lowest BCUT2D eigenvalue weighted by Crippen LogP contribution is -2.21. The quantitative estimate of drug-likeness (QED) is 0.158. The van der Waals surface area contributed by atoms with Gasteiger partial charge in [0.05, 0.1) is 11.3 Å². The molecule has 0 saturated heterocycles. The number of hydrogen-bond donors (Lipinski definition) is 3. The second-order valence-corrected chi connectivity index (χ2v) is 9.54. The van der Waals surface area contributed by atoms with Gasteiger partial charge in [-0.3, -0.25) is 0 Å². The van der Waals surface area contributed by atoms with Crippen LogP contribution in [0.25, 0.3) is 11.4 Å². The largest absolute Gasteiger partial charge is 0.489 e. The third-order valence-corrected chi connectivity index (χ3v) is 6.25. The highest BCUT2D eigenvalue weighted by Crippen LogP contribution is 2.24. The summed E-state index contributed by atoms with van der Waals surface area (Å²) in [5, 5.41) is 15.5. The van der Waals surface area contributed by atoms with Gasteiger partial charge < -0.3 is 25.2 Å². The Bertz CT molecular complexity index is 1680. The lowest BCUT2D eigenvalue weighted by molar-refractivity contribution is 0.0697. The number of carboxylic acid groups (broad SMARTS) is 1. The number of nitrogens with zero attached hydrogens (tertiary/aromatic N) is 2. The number of nitrogens with one attached hydrogen (secondary N) is 2. The third kappa shape index (κ3) is 7.61. The normalized spacial score (nSPS) is 10.5. The summed E-state index contributed by atoms with van der Waals surface area (Å²) in [6.45, 7) is 0.527. The molecule has 0 fully saturated rings. The topological polar surface area (TPSA) is 123 Å². The van der Waals surface area contributed by atoms with Crippen molar-refractivity contribution >= 4 is 35.0 Å². The molecule has 42 heavy (non-hydrogen) atoms. The van der Waals surface area contributed by atoms with Crippen LogP contribution in [0.2, 0.25) is 5.02 Å². The van der Waals surface area contributed by atoms with E-state index < -0.39 is 12.0 Å². The highest BCUT2D eigenvalue weighted by Gasteiger charge is 2.15. The molecule has 5 aromatic rings. The number of carbonyl (C=O) groups excluding carboxylic acids is 1. The van der Waals surface area contributed by atoms with Crippen molar-refractivity contribution < 1.29 is 24.2 Å². The number of urea groups is 1. The highest BCUT2D eigenvalue weighted by molar-refractivity contribution is 6.30. The average Bonchev–Trinajstić information content (AvgIpc) is 3.00. The predicted molar refractivity (Wildman–Crippen MR) is 160 cm³/mol. The fourth-order valence-electron chi connectivity index (χ4n) is 3.94. The van der Waals surface area contributed by atoms with Crippen LogP contribution < -0.4 is 20.1 Å². The SMILES string of the molecule is O=C(Nc1ccccc1)Nc1ccc(OCc2cnc(-c3ccc(OCc4cccc(Cl)c4)cc3)nc2)cc1C(=O)O. The van der Waals surface area contributed by atoms with Crippen LogP contribution in [-0.2, 0) is 13.2 Å². The van der Waals surface area contributed by atoms with Crippen molar-refractivity contribution in [3.8, 4) is 22.9 Å². The van der Waals surface area contributed by atoms with E-state index in [-0.39, 0.29) is 17.9 Å². The zero-order chi connectivity index (χ0) is 29.3. The Morgan fingerprint density at radius 1 is 0.738 bits per heavy atom. The molecule has 0 aliphatic heterocycles. The van der Waals surface area contributed by atoms with Gasteiger partial charge in [0.1, 0.15) is 24.7 Å². The van der Waals surface area contributed by atoms with E-state index in [1.54, 1.807) is 42.7 Å². The Kier molecular flexibility index (Phi) is 8.91. The molecule has 210 valence electrons. The molecular weight excluding hydrogens is 556 g/mol. The van der Waals surface area contributed by atoms with Gasteiger partial charge in [-0.05, 0) is 72.3 Å². The molecule has 5 rings (SSSR count). The maximum Gasteiger partial charge on any atom is 0.337 e. The Morgan fingerprint density at radius 2 is 1.43 bits per heavy atom. The number of para-hydroxylation sites is 1. The van der Waals surface area contributed by atoms with Crippen LogP contribution in [0, 0.1) is 0 Å². The Hall–Kier alpha value is -5.41. The fourth-order valence-corrected chi connectivity index (χ4v) is 4.16. The molecule has 0 unspecified atom stereocenters. The summed E-state index contributed by atoms with van der Waals surface area (Å²) in [5.41, 5.74) is 3.10. The summed E-state index contributed by atoms with van der Waals surface area (Å²) in [6, 6.07) is 27.6. The Labute approximate surface area is 246 Å². The molecular formula is C32H25ClN4O5. The van der Waals surface area contributed by atoms with Crippen molar-refractivity contribution in [3.63, 3.8) is 0 Å². The lowest BCUT2D eigenvalue weighted by Gasteiger charge is -2.12. The molecule has 2 amide bonds. The van der Waals surface area contributed by atoms with E-state index in [0.29, 0.717) is 40.2 Å². The lowest BCUT2D eigenvalue weighted by atomic mass is 10.1. The van der Waals surface area contributed by atoms with Crippen LogP contribution in [0.4, 0.5) is 16.2 Å². The molecule has 0 radical (unpaired) electrons.